The number of hydrogen-bond donors (Lipinski definition) is 0. The Hall–Kier alpha value is -2.65. The first-order chi connectivity index (χ1) is 20.7. The summed E-state index contributed by atoms with van der Waals surface area (Å²) in [7, 11) is 1.33. The lowest BCUT2D eigenvalue weighted by Gasteiger charge is -2.43. The fourth-order valence-electron chi connectivity index (χ4n) is 3.96. The highest BCUT2D eigenvalue weighted by molar-refractivity contribution is 6.33. The van der Waals surface area contributed by atoms with Crippen molar-refractivity contribution in [2.45, 2.75) is 131 Å². The number of hydrogen-bond acceptors (Lipinski definition) is 9. The van der Waals surface area contributed by atoms with Crippen LogP contribution in [-0.2, 0) is 48.3 Å². The first kappa shape index (κ1) is 42.3. The topological polar surface area (TPSA) is 114 Å². The van der Waals surface area contributed by atoms with Gasteiger partial charge >= 0.3 is 23.9 Å². The monoisotopic (exact) mass is 656 g/mol. The molecule has 1 aliphatic rings. The molecular weight excluding hydrogens is 600 g/mol. The summed E-state index contributed by atoms with van der Waals surface area (Å²) in [6.45, 7) is 22.2. The second-order valence-corrected chi connectivity index (χ2v) is 13.8. The number of esters is 4. The number of halogens is 1. The van der Waals surface area contributed by atoms with Gasteiger partial charge in [-0.25, -0.2) is 0 Å². The summed E-state index contributed by atoms with van der Waals surface area (Å²) in [6.07, 6.45) is 0.178. The minimum atomic E-state index is -1.03. The van der Waals surface area contributed by atoms with Crippen molar-refractivity contribution >= 4 is 35.5 Å². The highest BCUT2D eigenvalue weighted by Gasteiger charge is 2.47. The van der Waals surface area contributed by atoms with E-state index in [1.807, 2.05) is 27.7 Å². The van der Waals surface area contributed by atoms with Gasteiger partial charge in [-0.15, -0.1) is 11.6 Å². The van der Waals surface area contributed by atoms with Gasteiger partial charge in [0.1, 0.15) is 11.5 Å². The molecule has 6 atom stereocenters. The zero-order valence-corrected chi connectivity index (χ0v) is 30.4. The van der Waals surface area contributed by atoms with E-state index in [4.69, 9.17) is 30.5 Å². The SMILES string of the molecule is CCC(C)(C)C(=O)OC1OC(COC(C)=O)C(C)C(C)C1OC(C)=O.CCC(C)(C)c1ccccc1.CCC(C)(Cl)C(=O)OC. The second kappa shape index (κ2) is 19.1. The van der Waals surface area contributed by atoms with E-state index in [0.29, 0.717) is 18.3 Å². The van der Waals surface area contributed by atoms with E-state index in [0.717, 1.165) is 0 Å². The summed E-state index contributed by atoms with van der Waals surface area (Å²) in [6, 6.07) is 10.7. The maximum Gasteiger partial charge on any atom is 0.326 e. The van der Waals surface area contributed by atoms with Gasteiger partial charge in [0, 0.05) is 19.8 Å². The van der Waals surface area contributed by atoms with Crippen LogP contribution >= 0.6 is 11.6 Å². The van der Waals surface area contributed by atoms with Crippen molar-refractivity contribution in [2.24, 2.45) is 17.3 Å². The standard InChI is InChI=1S/C18H30O7.C11H16.C6H11ClO2/c1-8-18(6,7)17(21)25-16-15(23-13(5)20)11(3)10(2)14(24-16)9-22-12(4)19;1-4-11(2,3)10-8-6-5-7-9-10;1-4-6(2,7)5(8)9-3/h10-11,14-16H,8-9H2,1-7H3;5-9H,4H2,1-3H3;4H2,1-3H3. The molecule has 0 aromatic heterocycles. The Balaban J connectivity index is 0.000000790. The van der Waals surface area contributed by atoms with Crippen LogP contribution < -0.4 is 0 Å². The number of carbonyl (C=O) groups is 4. The Kier molecular flexibility index (Phi) is 18.0. The number of rotatable bonds is 10. The van der Waals surface area contributed by atoms with E-state index < -0.39 is 46.7 Å². The van der Waals surface area contributed by atoms with Crippen LogP contribution in [0.4, 0.5) is 0 Å². The van der Waals surface area contributed by atoms with Gasteiger partial charge in [-0.1, -0.05) is 78.8 Å². The normalized spacial score (nSPS) is 22.6. The first-order valence-corrected chi connectivity index (χ1v) is 16.1. The molecule has 0 radical (unpaired) electrons. The first-order valence-electron chi connectivity index (χ1n) is 15.7. The van der Waals surface area contributed by atoms with Gasteiger partial charge in [0.15, 0.2) is 6.10 Å². The van der Waals surface area contributed by atoms with E-state index in [-0.39, 0.29) is 24.4 Å². The van der Waals surface area contributed by atoms with Gasteiger partial charge in [0.25, 0.3) is 0 Å². The Morgan fingerprint density at radius 3 is 1.76 bits per heavy atom. The number of ether oxygens (including phenoxy) is 5. The molecule has 0 spiro atoms. The Morgan fingerprint density at radius 1 is 0.800 bits per heavy atom. The number of carbonyl (C=O) groups excluding carboxylic acids is 4. The Labute approximate surface area is 276 Å². The minimum Gasteiger partial charge on any atom is -0.468 e. The quantitative estimate of drug-likeness (QED) is 0.144. The highest BCUT2D eigenvalue weighted by Crippen LogP contribution is 2.35. The molecule has 0 aliphatic carbocycles. The van der Waals surface area contributed by atoms with Crippen molar-refractivity contribution in [1.29, 1.82) is 0 Å². The zero-order valence-electron chi connectivity index (χ0n) is 29.7. The molecule has 0 saturated carbocycles. The average Bonchev–Trinajstić information content (AvgIpc) is 3.00. The molecule has 10 heteroatoms. The minimum absolute atomic E-state index is 0.0544. The lowest BCUT2D eigenvalue weighted by molar-refractivity contribution is -0.275. The van der Waals surface area contributed by atoms with Crippen LogP contribution in [0.5, 0.6) is 0 Å². The van der Waals surface area contributed by atoms with E-state index in [2.05, 4.69) is 55.8 Å². The summed E-state index contributed by atoms with van der Waals surface area (Å²) >= 11 is 5.70. The van der Waals surface area contributed by atoms with E-state index in [1.165, 1.54) is 32.9 Å². The summed E-state index contributed by atoms with van der Waals surface area (Å²) in [4.78, 5) is 44.8. The van der Waals surface area contributed by atoms with Crippen LogP contribution in [0.1, 0.15) is 108 Å². The van der Waals surface area contributed by atoms with Gasteiger partial charge < -0.3 is 23.7 Å². The predicted molar refractivity (Wildman–Crippen MR) is 176 cm³/mol. The molecule has 1 fully saturated rings. The molecule has 1 saturated heterocycles. The molecule has 1 aromatic rings. The van der Waals surface area contributed by atoms with Crippen molar-refractivity contribution < 1.29 is 42.9 Å². The summed E-state index contributed by atoms with van der Waals surface area (Å²) in [5.74, 6) is -1.87. The maximum atomic E-state index is 12.4. The van der Waals surface area contributed by atoms with Gasteiger partial charge in [-0.3, -0.25) is 19.2 Å². The smallest absolute Gasteiger partial charge is 0.326 e. The third-order valence-corrected chi connectivity index (χ3v) is 9.06. The molecule has 1 aromatic carbocycles. The van der Waals surface area contributed by atoms with Crippen molar-refractivity contribution in [1.82, 2.24) is 0 Å². The summed E-state index contributed by atoms with van der Waals surface area (Å²) in [5, 5.41) is 0. The van der Waals surface area contributed by atoms with Crippen molar-refractivity contribution in [3.8, 4) is 0 Å². The molecule has 9 nitrogen and oxygen atoms in total. The Morgan fingerprint density at radius 2 is 1.36 bits per heavy atom. The summed E-state index contributed by atoms with van der Waals surface area (Å²) in [5.41, 5.74) is 1.09. The molecule has 0 N–H and O–H groups in total. The van der Waals surface area contributed by atoms with Crippen LogP contribution in [0.3, 0.4) is 0 Å². The van der Waals surface area contributed by atoms with E-state index >= 15 is 0 Å². The number of benzene rings is 1. The molecule has 45 heavy (non-hydrogen) atoms. The molecule has 6 unspecified atom stereocenters. The molecule has 1 aliphatic heterocycles. The van der Waals surface area contributed by atoms with Crippen LogP contribution in [0.15, 0.2) is 30.3 Å². The average molecular weight is 657 g/mol. The molecule has 0 bridgehead atoms. The lowest BCUT2D eigenvalue weighted by Crippen LogP contribution is -2.54. The van der Waals surface area contributed by atoms with Gasteiger partial charge in [0.2, 0.25) is 6.29 Å². The fraction of sp³-hybridized carbons (Fsp3) is 0.714. The van der Waals surface area contributed by atoms with Crippen LogP contribution in [0.2, 0.25) is 0 Å². The molecule has 258 valence electrons. The van der Waals surface area contributed by atoms with Gasteiger partial charge in [-0.05, 0) is 56.9 Å². The largest absolute Gasteiger partial charge is 0.468 e. The molecular formula is C35H57ClO9. The number of methoxy groups -OCH3 is 1. The fourth-order valence-corrected chi connectivity index (χ4v) is 4.04. The zero-order chi connectivity index (χ0) is 35.2. The van der Waals surface area contributed by atoms with Crippen LogP contribution in [0.25, 0.3) is 0 Å². The molecule has 2 rings (SSSR count). The predicted octanol–water partition coefficient (Wildman–Crippen LogP) is 7.40. The second-order valence-electron chi connectivity index (χ2n) is 12.9. The Bertz CT molecular complexity index is 1070. The van der Waals surface area contributed by atoms with E-state index in [1.54, 1.807) is 20.8 Å². The van der Waals surface area contributed by atoms with Crippen molar-refractivity contribution in [2.75, 3.05) is 13.7 Å². The van der Waals surface area contributed by atoms with Crippen LogP contribution in [-0.4, -0.2) is 61.0 Å². The maximum absolute atomic E-state index is 12.4. The van der Waals surface area contributed by atoms with E-state index in [9.17, 15) is 19.2 Å². The third-order valence-electron chi connectivity index (χ3n) is 8.64. The van der Waals surface area contributed by atoms with Crippen molar-refractivity contribution in [3.05, 3.63) is 35.9 Å². The highest BCUT2D eigenvalue weighted by atomic mass is 35.5. The van der Waals surface area contributed by atoms with Crippen molar-refractivity contribution in [3.63, 3.8) is 0 Å². The van der Waals surface area contributed by atoms with Gasteiger partial charge in [0.05, 0.1) is 18.6 Å². The third kappa shape index (κ3) is 14.1. The molecule has 1 heterocycles. The lowest BCUT2D eigenvalue weighted by atomic mass is 9.82. The van der Waals surface area contributed by atoms with Gasteiger partial charge in [-0.2, -0.15) is 0 Å². The summed E-state index contributed by atoms with van der Waals surface area (Å²) < 4.78 is 26.2. The van der Waals surface area contributed by atoms with Crippen LogP contribution in [0, 0.1) is 17.3 Å². The number of alkyl halides is 1. The molecule has 0 amide bonds.